The van der Waals surface area contributed by atoms with Gasteiger partial charge >= 0.3 is 0 Å². The van der Waals surface area contributed by atoms with Gasteiger partial charge in [0.15, 0.2) is 0 Å². The Balaban J connectivity index is 1.48. The molecule has 5 nitrogen and oxygen atoms in total. The van der Waals surface area contributed by atoms with E-state index in [0.717, 1.165) is 31.2 Å². The normalized spacial score (nSPS) is 19.7. The van der Waals surface area contributed by atoms with Crippen molar-refractivity contribution in [1.29, 1.82) is 0 Å². The van der Waals surface area contributed by atoms with E-state index in [-0.39, 0.29) is 36.3 Å². The maximum absolute atomic E-state index is 13.2. The predicted molar refractivity (Wildman–Crippen MR) is 97.9 cm³/mol. The maximum atomic E-state index is 13.2. The molecule has 1 atom stereocenters. The predicted octanol–water partition coefficient (Wildman–Crippen LogP) is 2.38. The second-order valence-corrected chi connectivity index (χ2v) is 7.45. The van der Waals surface area contributed by atoms with Crippen molar-refractivity contribution in [2.24, 2.45) is 5.92 Å². The summed E-state index contributed by atoms with van der Waals surface area (Å²) in [4.78, 5) is 25.5. The number of amides is 2. The molecule has 0 bridgehead atoms. The summed E-state index contributed by atoms with van der Waals surface area (Å²) < 4.78 is 13.2. The molecule has 1 saturated carbocycles. The lowest BCUT2D eigenvalue weighted by Crippen LogP contribution is -2.48. The Labute approximate surface area is 154 Å². The lowest BCUT2D eigenvalue weighted by molar-refractivity contribution is -0.130. The van der Waals surface area contributed by atoms with Crippen LogP contribution in [0.3, 0.4) is 0 Å². The van der Waals surface area contributed by atoms with Crippen LogP contribution in [0, 0.1) is 11.7 Å². The molecule has 6 heteroatoms. The SMILES string of the molecule is CC(=O)N1CCC(NC(=O)CNC(c2ccc(F)cc2)C2CCC2)CC1. The Bertz CT molecular complexity index is 622. The van der Waals surface area contributed by atoms with Gasteiger partial charge in [-0.1, -0.05) is 18.6 Å². The number of piperidine rings is 1. The van der Waals surface area contributed by atoms with E-state index >= 15 is 0 Å². The van der Waals surface area contributed by atoms with Crippen molar-refractivity contribution in [3.63, 3.8) is 0 Å². The molecule has 1 unspecified atom stereocenters. The highest BCUT2D eigenvalue weighted by Gasteiger charge is 2.29. The molecule has 1 heterocycles. The molecule has 0 radical (unpaired) electrons. The molecular formula is C20H28FN3O2. The molecule has 3 rings (SSSR count). The van der Waals surface area contributed by atoms with E-state index in [4.69, 9.17) is 0 Å². The Hall–Kier alpha value is -1.95. The average Bonchev–Trinajstić information content (AvgIpc) is 2.58. The summed E-state index contributed by atoms with van der Waals surface area (Å²) in [5, 5.41) is 6.44. The summed E-state index contributed by atoms with van der Waals surface area (Å²) in [5.41, 5.74) is 1.04. The highest BCUT2D eigenvalue weighted by Crippen LogP contribution is 2.37. The first-order valence-electron chi connectivity index (χ1n) is 9.56. The van der Waals surface area contributed by atoms with Gasteiger partial charge < -0.3 is 15.5 Å². The van der Waals surface area contributed by atoms with Crippen molar-refractivity contribution in [3.8, 4) is 0 Å². The number of hydrogen-bond acceptors (Lipinski definition) is 3. The van der Waals surface area contributed by atoms with Crippen molar-refractivity contribution in [1.82, 2.24) is 15.5 Å². The van der Waals surface area contributed by atoms with E-state index in [1.807, 2.05) is 4.90 Å². The number of nitrogens with one attached hydrogen (secondary N) is 2. The summed E-state index contributed by atoms with van der Waals surface area (Å²) in [6.45, 7) is 3.24. The largest absolute Gasteiger partial charge is 0.352 e. The van der Waals surface area contributed by atoms with E-state index in [0.29, 0.717) is 19.0 Å². The number of halogens is 1. The van der Waals surface area contributed by atoms with E-state index in [9.17, 15) is 14.0 Å². The second kappa shape index (κ2) is 8.62. The lowest BCUT2D eigenvalue weighted by atomic mass is 9.77. The number of benzene rings is 1. The van der Waals surface area contributed by atoms with Gasteiger partial charge in [-0.2, -0.15) is 0 Å². The summed E-state index contributed by atoms with van der Waals surface area (Å²) in [7, 11) is 0. The highest BCUT2D eigenvalue weighted by molar-refractivity contribution is 5.78. The average molecular weight is 361 g/mol. The summed E-state index contributed by atoms with van der Waals surface area (Å²) in [5.74, 6) is 0.347. The van der Waals surface area contributed by atoms with Crippen LogP contribution in [0.1, 0.15) is 50.6 Å². The summed E-state index contributed by atoms with van der Waals surface area (Å²) >= 11 is 0. The fourth-order valence-corrected chi connectivity index (χ4v) is 3.82. The minimum atomic E-state index is -0.240. The number of hydrogen-bond donors (Lipinski definition) is 2. The molecule has 26 heavy (non-hydrogen) atoms. The smallest absolute Gasteiger partial charge is 0.234 e. The third-order valence-electron chi connectivity index (χ3n) is 5.64. The molecule has 2 aliphatic rings. The van der Waals surface area contributed by atoms with Gasteiger partial charge in [0.25, 0.3) is 0 Å². The van der Waals surface area contributed by atoms with Crippen LogP contribution in [0.5, 0.6) is 0 Å². The van der Waals surface area contributed by atoms with Crippen LogP contribution in [0.4, 0.5) is 4.39 Å². The van der Waals surface area contributed by atoms with Crippen LogP contribution < -0.4 is 10.6 Å². The minimum Gasteiger partial charge on any atom is -0.352 e. The van der Waals surface area contributed by atoms with Crippen LogP contribution in [-0.4, -0.2) is 42.4 Å². The van der Waals surface area contributed by atoms with Gasteiger partial charge in [-0.3, -0.25) is 9.59 Å². The molecule has 0 spiro atoms. The molecule has 1 aliphatic carbocycles. The van der Waals surface area contributed by atoms with Gasteiger partial charge in [0, 0.05) is 32.1 Å². The number of carbonyl (C=O) groups is 2. The third-order valence-corrected chi connectivity index (χ3v) is 5.64. The van der Waals surface area contributed by atoms with Gasteiger partial charge in [-0.15, -0.1) is 0 Å². The van der Waals surface area contributed by atoms with Crippen molar-refractivity contribution in [2.75, 3.05) is 19.6 Å². The zero-order valence-electron chi connectivity index (χ0n) is 15.3. The van der Waals surface area contributed by atoms with Gasteiger partial charge in [0.05, 0.1) is 6.54 Å². The van der Waals surface area contributed by atoms with E-state index in [1.54, 1.807) is 19.1 Å². The van der Waals surface area contributed by atoms with Crippen LogP contribution in [0.15, 0.2) is 24.3 Å². The zero-order valence-corrected chi connectivity index (χ0v) is 15.3. The lowest BCUT2D eigenvalue weighted by Gasteiger charge is -2.35. The van der Waals surface area contributed by atoms with Crippen LogP contribution in [-0.2, 0) is 9.59 Å². The van der Waals surface area contributed by atoms with Crippen molar-refractivity contribution < 1.29 is 14.0 Å². The number of carbonyl (C=O) groups excluding carboxylic acids is 2. The molecule has 2 N–H and O–H groups in total. The van der Waals surface area contributed by atoms with Crippen LogP contribution >= 0.6 is 0 Å². The molecule has 1 aliphatic heterocycles. The van der Waals surface area contributed by atoms with E-state index in [2.05, 4.69) is 10.6 Å². The maximum Gasteiger partial charge on any atom is 0.234 e. The van der Waals surface area contributed by atoms with Gasteiger partial charge in [0.1, 0.15) is 5.82 Å². The molecule has 1 saturated heterocycles. The minimum absolute atomic E-state index is 0.0160. The molecule has 2 fully saturated rings. The quantitative estimate of drug-likeness (QED) is 0.818. The summed E-state index contributed by atoms with van der Waals surface area (Å²) in [6.07, 6.45) is 5.09. The molecule has 1 aromatic carbocycles. The Kier molecular flexibility index (Phi) is 6.25. The zero-order chi connectivity index (χ0) is 18.5. The van der Waals surface area contributed by atoms with Gasteiger partial charge in [-0.05, 0) is 49.3 Å². The monoisotopic (exact) mass is 361 g/mol. The first kappa shape index (κ1) is 18.8. The molecule has 2 amide bonds. The fraction of sp³-hybridized carbons (Fsp3) is 0.600. The van der Waals surface area contributed by atoms with E-state index < -0.39 is 0 Å². The number of likely N-dealkylation sites (tertiary alicyclic amines) is 1. The Morgan fingerprint density at radius 2 is 1.81 bits per heavy atom. The van der Waals surface area contributed by atoms with Crippen molar-refractivity contribution in [2.45, 2.75) is 51.1 Å². The number of rotatable bonds is 6. The first-order chi connectivity index (χ1) is 12.5. The molecule has 0 aromatic heterocycles. The van der Waals surface area contributed by atoms with Crippen LogP contribution in [0.25, 0.3) is 0 Å². The first-order valence-corrected chi connectivity index (χ1v) is 9.56. The third kappa shape index (κ3) is 4.81. The Morgan fingerprint density at radius 3 is 2.35 bits per heavy atom. The van der Waals surface area contributed by atoms with Crippen molar-refractivity contribution in [3.05, 3.63) is 35.6 Å². The second-order valence-electron chi connectivity index (χ2n) is 7.45. The van der Waals surface area contributed by atoms with Gasteiger partial charge in [-0.25, -0.2) is 4.39 Å². The standard InChI is InChI=1S/C20H28FN3O2/c1-14(25)24-11-9-18(10-12-24)23-19(26)13-22-20(15-3-2-4-15)16-5-7-17(21)8-6-16/h5-8,15,18,20,22H,2-4,9-13H2,1H3,(H,23,26). The van der Waals surface area contributed by atoms with Crippen LogP contribution in [0.2, 0.25) is 0 Å². The van der Waals surface area contributed by atoms with E-state index in [1.165, 1.54) is 18.6 Å². The summed E-state index contributed by atoms with van der Waals surface area (Å²) in [6, 6.07) is 6.79. The fourth-order valence-electron chi connectivity index (χ4n) is 3.82. The highest BCUT2D eigenvalue weighted by atomic mass is 19.1. The molecule has 1 aromatic rings. The topological polar surface area (TPSA) is 61.4 Å². The molecular weight excluding hydrogens is 333 g/mol. The number of nitrogens with zero attached hydrogens (tertiary/aromatic N) is 1. The van der Waals surface area contributed by atoms with Crippen molar-refractivity contribution >= 4 is 11.8 Å². The van der Waals surface area contributed by atoms with Gasteiger partial charge in [0.2, 0.25) is 11.8 Å². The molecule has 142 valence electrons. The Morgan fingerprint density at radius 1 is 1.15 bits per heavy atom.